The van der Waals surface area contributed by atoms with Crippen LogP contribution in [0.2, 0.25) is 10.0 Å². The molecule has 2 aromatic carbocycles. The van der Waals surface area contributed by atoms with Crippen molar-refractivity contribution < 1.29 is 4.84 Å². The summed E-state index contributed by atoms with van der Waals surface area (Å²) in [4.78, 5) is 5.98. The summed E-state index contributed by atoms with van der Waals surface area (Å²) in [6.07, 6.45) is 4.21. The van der Waals surface area contributed by atoms with Crippen molar-refractivity contribution >= 4 is 23.2 Å². The summed E-state index contributed by atoms with van der Waals surface area (Å²) >= 11 is 12.2. The maximum Gasteiger partial charge on any atom is 0.166 e. The number of benzene rings is 2. The quantitative estimate of drug-likeness (QED) is 0.532. The predicted molar refractivity (Wildman–Crippen MR) is 118 cm³/mol. The van der Waals surface area contributed by atoms with E-state index in [1.807, 2.05) is 11.1 Å². The first kappa shape index (κ1) is 19.9. The number of hydrogen-bond donors (Lipinski definition) is 0. The van der Waals surface area contributed by atoms with E-state index in [0.29, 0.717) is 21.7 Å². The molecule has 7 heteroatoms. The van der Waals surface area contributed by atoms with Crippen LogP contribution in [0.1, 0.15) is 48.8 Å². The zero-order valence-corrected chi connectivity index (χ0v) is 18.4. The SMILES string of the molecule is Cn1c(C2CCN(Oc3ccc(Cl)cc3Cl)CC2)nnc1C1(c2ccccc2)CC1. The fourth-order valence-corrected chi connectivity index (χ4v) is 4.97. The molecule has 1 saturated heterocycles. The largest absolute Gasteiger partial charge is 0.404 e. The first-order valence-corrected chi connectivity index (χ1v) is 11.2. The molecule has 30 heavy (non-hydrogen) atoms. The molecule has 2 aliphatic rings. The maximum atomic E-state index is 6.24. The zero-order valence-electron chi connectivity index (χ0n) is 16.9. The topological polar surface area (TPSA) is 43.2 Å². The number of hydrogen-bond acceptors (Lipinski definition) is 4. The molecule has 0 spiro atoms. The number of nitrogens with zero attached hydrogens (tertiary/aromatic N) is 4. The summed E-state index contributed by atoms with van der Waals surface area (Å²) in [6.45, 7) is 1.63. The van der Waals surface area contributed by atoms with E-state index in [-0.39, 0.29) is 5.41 Å². The lowest BCUT2D eigenvalue weighted by Gasteiger charge is -2.31. The highest BCUT2D eigenvalue weighted by molar-refractivity contribution is 6.35. The van der Waals surface area contributed by atoms with Crippen molar-refractivity contribution in [3.8, 4) is 5.75 Å². The number of aromatic nitrogens is 3. The van der Waals surface area contributed by atoms with E-state index in [2.05, 4.69) is 52.1 Å². The Balaban J connectivity index is 1.27. The van der Waals surface area contributed by atoms with Gasteiger partial charge < -0.3 is 9.40 Å². The van der Waals surface area contributed by atoms with Crippen LogP contribution in [-0.2, 0) is 12.5 Å². The standard InChI is InChI=1S/C23H24Cl2N4O/c1-28-21(26-27-22(28)23(11-12-23)17-5-3-2-4-6-17)16-9-13-29(14-10-16)30-20-8-7-18(24)15-19(20)25/h2-8,15-16H,9-14H2,1H3. The van der Waals surface area contributed by atoms with Gasteiger partial charge in [0, 0.05) is 31.1 Å². The molecule has 0 atom stereocenters. The first-order chi connectivity index (χ1) is 14.6. The van der Waals surface area contributed by atoms with Gasteiger partial charge in [0.25, 0.3) is 0 Å². The maximum absolute atomic E-state index is 6.24. The van der Waals surface area contributed by atoms with Gasteiger partial charge in [-0.15, -0.1) is 15.3 Å². The Morgan fingerprint density at radius 2 is 1.73 bits per heavy atom. The number of hydroxylamine groups is 2. The van der Waals surface area contributed by atoms with Crippen molar-refractivity contribution in [2.75, 3.05) is 13.1 Å². The first-order valence-electron chi connectivity index (χ1n) is 10.4. The highest BCUT2D eigenvalue weighted by atomic mass is 35.5. The molecule has 3 aromatic rings. The van der Waals surface area contributed by atoms with Gasteiger partial charge in [-0.1, -0.05) is 53.5 Å². The van der Waals surface area contributed by atoms with Crippen LogP contribution in [-0.4, -0.2) is 32.9 Å². The summed E-state index contributed by atoms with van der Waals surface area (Å²) < 4.78 is 2.23. The normalized spacial score (nSPS) is 19.0. The van der Waals surface area contributed by atoms with E-state index < -0.39 is 0 Å². The van der Waals surface area contributed by atoms with Crippen LogP contribution < -0.4 is 4.84 Å². The lowest BCUT2D eigenvalue weighted by molar-refractivity contribution is -0.0761. The van der Waals surface area contributed by atoms with Crippen molar-refractivity contribution in [2.45, 2.75) is 37.0 Å². The smallest absolute Gasteiger partial charge is 0.166 e. The molecule has 5 nitrogen and oxygen atoms in total. The minimum absolute atomic E-state index is 0.0381. The molecule has 0 unspecified atom stereocenters. The highest BCUT2D eigenvalue weighted by Gasteiger charge is 2.50. The van der Waals surface area contributed by atoms with Crippen LogP contribution >= 0.6 is 23.2 Å². The van der Waals surface area contributed by atoms with Crippen LogP contribution in [0.25, 0.3) is 0 Å². The molecule has 5 rings (SSSR count). The Hall–Kier alpha value is -2.08. The second kappa shape index (κ2) is 7.88. The van der Waals surface area contributed by atoms with Gasteiger partial charge in [0.2, 0.25) is 0 Å². The Bertz CT molecular complexity index is 1040. The predicted octanol–water partition coefficient (Wildman–Crippen LogP) is 5.38. The Labute approximate surface area is 186 Å². The molecule has 1 aliphatic heterocycles. The molecular formula is C23H24Cl2N4O. The third kappa shape index (κ3) is 3.59. The van der Waals surface area contributed by atoms with Crippen molar-refractivity contribution in [1.29, 1.82) is 0 Å². The van der Waals surface area contributed by atoms with Crippen molar-refractivity contribution in [2.24, 2.45) is 7.05 Å². The van der Waals surface area contributed by atoms with Gasteiger partial charge in [-0.25, -0.2) is 0 Å². The van der Waals surface area contributed by atoms with Gasteiger partial charge in [-0.05, 0) is 49.4 Å². The number of piperidine rings is 1. The fraction of sp³-hybridized carbons (Fsp3) is 0.391. The van der Waals surface area contributed by atoms with E-state index in [1.54, 1.807) is 12.1 Å². The molecule has 2 heterocycles. The molecule has 1 aromatic heterocycles. The van der Waals surface area contributed by atoms with Gasteiger partial charge in [0.1, 0.15) is 11.6 Å². The van der Waals surface area contributed by atoms with Gasteiger partial charge >= 0.3 is 0 Å². The second-order valence-electron chi connectivity index (χ2n) is 8.26. The number of rotatable bonds is 5. The summed E-state index contributed by atoms with van der Waals surface area (Å²) in [5.74, 6) is 3.19. The summed E-state index contributed by atoms with van der Waals surface area (Å²) in [6, 6.07) is 16.0. The second-order valence-corrected chi connectivity index (χ2v) is 9.10. The monoisotopic (exact) mass is 442 g/mol. The van der Waals surface area contributed by atoms with E-state index in [1.165, 1.54) is 5.56 Å². The fourth-order valence-electron chi connectivity index (χ4n) is 4.53. The average Bonchev–Trinajstić information content (AvgIpc) is 3.48. The lowest BCUT2D eigenvalue weighted by Crippen LogP contribution is -2.36. The minimum atomic E-state index is 0.0381. The zero-order chi connectivity index (χ0) is 20.7. The van der Waals surface area contributed by atoms with Crippen molar-refractivity contribution in [3.05, 3.63) is 75.8 Å². The molecular weight excluding hydrogens is 419 g/mol. The molecule has 0 bridgehead atoms. The molecule has 0 radical (unpaired) electrons. The van der Waals surface area contributed by atoms with Crippen LogP contribution in [0, 0.1) is 0 Å². The van der Waals surface area contributed by atoms with E-state index in [4.69, 9.17) is 28.0 Å². The summed E-state index contributed by atoms with van der Waals surface area (Å²) in [5, 5.41) is 12.4. The third-order valence-corrected chi connectivity index (χ3v) is 6.88. The third-order valence-electron chi connectivity index (χ3n) is 6.35. The van der Waals surface area contributed by atoms with E-state index in [9.17, 15) is 0 Å². The summed E-state index contributed by atoms with van der Waals surface area (Å²) in [7, 11) is 2.12. The van der Waals surface area contributed by atoms with Crippen LogP contribution in [0.4, 0.5) is 0 Å². The van der Waals surface area contributed by atoms with E-state index >= 15 is 0 Å². The molecule has 2 fully saturated rings. The Kier molecular flexibility index (Phi) is 5.21. The van der Waals surface area contributed by atoms with Crippen molar-refractivity contribution in [1.82, 2.24) is 19.8 Å². The van der Waals surface area contributed by atoms with Gasteiger partial charge in [-0.2, -0.15) is 0 Å². The van der Waals surface area contributed by atoms with Gasteiger partial charge in [0.15, 0.2) is 5.75 Å². The average molecular weight is 443 g/mol. The Morgan fingerprint density at radius 1 is 1.00 bits per heavy atom. The minimum Gasteiger partial charge on any atom is -0.404 e. The molecule has 0 amide bonds. The van der Waals surface area contributed by atoms with Crippen molar-refractivity contribution in [3.63, 3.8) is 0 Å². The van der Waals surface area contributed by atoms with Crippen LogP contribution in [0.3, 0.4) is 0 Å². The van der Waals surface area contributed by atoms with Gasteiger partial charge in [-0.3, -0.25) is 0 Å². The molecule has 1 aliphatic carbocycles. The van der Waals surface area contributed by atoms with Gasteiger partial charge in [0.05, 0.1) is 10.4 Å². The Morgan fingerprint density at radius 3 is 2.40 bits per heavy atom. The molecule has 156 valence electrons. The van der Waals surface area contributed by atoms with Crippen LogP contribution in [0.15, 0.2) is 48.5 Å². The number of halogens is 2. The lowest BCUT2D eigenvalue weighted by atomic mass is 9.94. The molecule has 0 N–H and O–H groups in total. The summed E-state index contributed by atoms with van der Waals surface area (Å²) in [5.41, 5.74) is 1.38. The van der Waals surface area contributed by atoms with E-state index in [0.717, 1.165) is 50.4 Å². The van der Waals surface area contributed by atoms with Crippen LogP contribution in [0.5, 0.6) is 5.75 Å². The molecule has 1 saturated carbocycles. The highest BCUT2D eigenvalue weighted by Crippen LogP contribution is 2.52.